The highest BCUT2D eigenvalue weighted by molar-refractivity contribution is 5.61. The molecule has 0 spiro atoms. The van der Waals surface area contributed by atoms with E-state index in [0.717, 1.165) is 49.7 Å². The Bertz CT molecular complexity index is 545. The molecule has 1 aliphatic heterocycles. The molecule has 0 amide bonds. The first-order valence-corrected chi connectivity index (χ1v) is 6.63. The van der Waals surface area contributed by atoms with Crippen molar-refractivity contribution in [2.45, 2.75) is 13.5 Å². The van der Waals surface area contributed by atoms with Gasteiger partial charge in [0.1, 0.15) is 0 Å². The smallest absolute Gasteiger partial charge is 0.171 e. The van der Waals surface area contributed by atoms with Crippen molar-refractivity contribution in [2.24, 2.45) is 0 Å². The van der Waals surface area contributed by atoms with Gasteiger partial charge in [-0.25, -0.2) is 0 Å². The minimum absolute atomic E-state index is 0.811. The molecule has 100 valence electrons. The van der Waals surface area contributed by atoms with E-state index in [2.05, 4.69) is 35.2 Å². The standard InChI is InChI=1S/C15H18N2O2/c1-12-3-2-4-13(9-12)15-14(10-16-19-15)11-17-5-7-18-8-6-17/h2-4,9-10H,5-8,11H2,1H3. The highest BCUT2D eigenvalue weighted by atomic mass is 16.5. The van der Waals surface area contributed by atoms with Gasteiger partial charge in [-0.1, -0.05) is 28.9 Å². The van der Waals surface area contributed by atoms with Crippen LogP contribution in [-0.4, -0.2) is 36.4 Å². The van der Waals surface area contributed by atoms with Gasteiger partial charge in [0.2, 0.25) is 0 Å². The first-order valence-electron chi connectivity index (χ1n) is 6.63. The summed E-state index contributed by atoms with van der Waals surface area (Å²) in [5.41, 5.74) is 3.47. The molecule has 0 atom stereocenters. The number of hydrogen-bond acceptors (Lipinski definition) is 4. The molecule has 2 aromatic rings. The van der Waals surface area contributed by atoms with Crippen LogP contribution in [0.15, 0.2) is 35.0 Å². The number of nitrogens with zero attached hydrogens (tertiary/aromatic N) is 2. The normalized spacial score (nSPS) is 16.7. The highest BCUT2D eigenvalue weighted by Crippen LogP contribution is 2.25. The summed E-state index contributed by atoms with van der Waals surface area (Å²) < 4.78 is 10.8. The minimum atomic E-state index is 0.811. The van der Waals surface area contributed by atoms with Gasteiger partial charge >= 0.3 is 0 Å². The zero-order valence-corrected chi connectivity index (χ0v) is 11.1. The molecule has 4 heteroatoms. The largest absolute Gasteiger partial charge is 0.379 e. The fourth-order valence-corrected chi connectivity index (χ4v) is 2.40. The molecule has 1 aromatic heterocycles. The van der Waals surface area contributed by atoms with Crippen molar-refractivity contribution in [3.05, 3.63) is 41.6 Å². The Balaban J connectivity index is 1.81. The number of aryl methyl sites for hydroxylation is 1. The third-order valence-electron chi connectivity index (χ3n) is 3.42. The zero-order valence-electron chi connectivity index (χ0n) is 11.1. The topological polar surface area (TPSA) is 38.5 Å². The van der Waals surface area contributed by atoms with Crippen molar-refractivity contribution in [2.75, 3.05) is 26.3 Å². The Hall–Kier alpha value is -1.65. The van der Waals surface area contributed by atoms with Gasteiger partial charge in [0.25, 0.3) is 0 Å². The van der Waals surface area contributed by atoms with Crippen LogP contribution in [-0.2, 0) is 11.3 Å². The number of rotatable bonds is 3. The Morgan fingerprint density at radius 3 is 2.89 bits per heavy atom. The van der Waals surface area contributed by atoms with Crippen molar-refractivity contribution in [3.8, 4) is 11.3 Å². The van der Waals surface area contributed by atoms with E-state index in [4.69, 9.17) is 9.26 Å². The van der Waals surface area contributed by atoms with Crippen LogP contribution in [0.3, 0.4) is 0 Å². The van der Waals surface area contributed by atoms with Crippen LogP contribution in [0.2, 0.25) is 0 Å². The van der Waals surface area contributed by atoms with E-state index in [-0.39, 0.29) is 0 Å². The first-order chi connectivity index (χ1) is 9.33. The molecule has 1 saturated heterocycles. The summed E-state index contributed by atoms with van der Waals surface area (Å²) in [5.74, 6) is 0.884. The summed E-state index contributed by atoms with van der Waals surface area (Å²) in [4.78, 5) is 2.37. The van der Waals surface area contributed by atoms with Crippen LogP contribution < -0.4 is 0 Å². The Kier molecular flexibility index (Phi) is 3.62. The third kappa shape index (κ3) is 2.85. The SMILES string of the molecule is Cc1cccc(-c2oncc2CN2CCOCC2)c1. The van der Waals surface area contributed by atoms with Crippen LogP contribution in [0, 0.1) is 6.92 Å². The molecule has 0 aliphatic carbocycles. The molecule has 3 rings (SSSR count). The number of hydrogen-bond donors (Lipinski definition) is 0. The van der Waals surface area contributed by atoms with Crippen molar-refractivity contribution >= 4 is 0 Å². The molecule has 4 nitrogen and oxygen atoms in total. The molecule has 0 radical (unpaired) electrons. The zero-order chi connectivity index (χ0) is 13.1. The second-order valence-corrected chi connectivity index (χ2v) is 4.94. The lowest BCUT2D eigenvalue weighted by atomic mass is 10.1. The molecule has 0 unspecified atom stereocenters. The lowest BCUT2D eigenvalue weighted by molar-refractivity contribution is 0.0342. The van der Waals surface area contributed by atoms with Crippen molar-refractivity contribution < 1.29 is 9.26 Å². The molecule has 0 saturated carbocycles. The third-order valence-corrected chi connectivity index (χ3v) is 3.42. The van der Waals surface area contributed by atoms with Crippen LogP contribution >= 0.6 is 0 Å². The average molecular weight is 258 g/mol. The van der Waals surface area contributed by atoms with Crippen LogP contribution in [0.4, 0.5) is 0 Å². The van der Waals surface area contributed by atoms with E-state index in [0.29, 0.717) is 0 Å². The molecule has 19 heavy (non-hydrogen) atoms. The van der Waals surface area contributed by atoms with Gasteiger partial charge in [0.05, 0.1) is 19.4 Å². The van der Waals surface area contributed by atoms with Crippen LogP contribution in [0.5, 0.6) is 0 Å². The van der Waals surface area contributed by atoms with E-state index >= 15 is 0 Å². The van der Waals surface area contributed by atoms with Gasteiger partial charge in [-0.3, -0.25) is 4.90 Å². The van der Waals surface area contributed by atoms with E-state index in [1.54, 1.807) is 0 Å². The Morgan fingerprint density at radius 2 is 2.11 bits per heavy atom. The summed E-state index contributed by atoms with van der Waals surface area (Å²) in [6.45, 7) is 6.52. The number of ether oxygens (including phenoxy) is 1. The number of benzene rings is 1. The maximum atomic E-state index is 5.44. The maximum Gasteiger partial charge on any atom is 0.171 e. The quantitative estimate of drug-likeness (QED) is 0.847. The fourth-order valence-electron chi connectivity index (χ4n) is 2.40. The van der Waals surface area contributed by atoms with Gasteiger partial charge < -0.3 is 9.26 Å². The molecule has 1 aliphatic rings. The summed E-state index contributed by atoms with van der Waals surface area (Å²) in [6, 6.07) is 8.33. The Morgan fingerprint density at radius 1 is 1.26 bits per heavy atom. The molecule has 2 heterocycles. The van der Waals surface area contributed by atoms with E-state index in [1.165, 1.54) is 5.56 Å². The van der Waals surface area contributed by atoms with Gasteiger partial charge in [0.15, 0.2) is 5.76 Å². The molecule has 0 N–H and O–H groups in total. The van der Waals surface area contributed by atoms with Gasteiger partial charge in [0, 0.05) is 30.8 Å². The van der Waals surface area contributed by atoms with Gasteiger partial charge in [-0.2, -0.15) is 0 Å². The van der Waals surface area contributed by atoms with Gasteiger partial charge in [-0.15, -0.1) is 0 Å². The molecule has 1 fully saturated rings. The van der Waals surface area contributed by atoms with Crippen LogP contribution in [0.25, 0.3) is 11.3 Å². The monoisotopic (exact) mass is 258 g/mol. The molecule has 1 aromatic carbocycles. The second kappa shape index (κ2) is 5.55. The molecular weight excluding hydrogens is 240 g/mol. The lowest BCUT2D eigenvalue weighted by Gasteiger charge is -2.26. The van der Waals surface area contributed by atoms with E-state index < -0.39 is 0 Å². The predicted molar refractivity (Wildman–Crippen MR) is 72.8 cm³/mol. The highest BCUT2D eigenvalue weighted by Gasteiger charge is 2.16. The van der Waals surface area contributed by atoms with Gasteiger partial charge in [-0.05, 0) is 13.0 Å². The van der Waals surface area contributed by atoms with E-state index in [1.807, 2.05) is 12.3 Å². The Labute approximate surface area is 113 Å². The van der Waals surface area contributed by atoms with E-state index in [9.17, 15) is 0 Å². The first kappa shape index (κ1) is 12.4. The summed E-state index contributed by atoms with van der Waals surface area (Å²) in [6.07, 6.45) is 1.83. The second-order valence-electron chi connectivity index (χ2n) is 4.94. The number of morpholine rings is 1. The van der Waals surface area contributed by atoms with Crippen LogP contribution in [0.1, 0.15) is 11.1 Å². The lowest BCUT2D eigenvalue weighted by Crippen LogP contribution is -2.35. The summed E-state index contributed by atoms with van der Waals surface area (Å²) in [7, 11) is 0. The fraction of sp³-hybridized carbons (Fsp3) is 0.400. The number of aromatic nitrogens is 1. The minimum Gasteiger partial charge on any atom is -0.379 e. The van der Waals surface area contributed by atoms with Crippen molar-refractivity contribution in [1.29, 1.82) is 0 Å². The van der Waals surface area contributed by atoms with Crippen molar-refractivity contribution in [1.82, 2.24) is 10.1 Å². The maximum absolute atomic E-state index is 5.44. The average Bonchev–Trinajstić information content (AvgIpc) is 2.88. The summed E-state index contributed by atoms with van der Waals surface area (Å²) >= 11 is 0. The summed E-state index contributed by atoms with van der Waals surface area (Å²) in [5, 5.41) is 3.96. The van der Waals surface area contributed by atoms with Crippen molar-refractivity contribution in [3.63, 3.8) is 0 Å². The predicted octanol–water partition coefficient (Wildman–Crippen LogP) is 2.48. The molecule has 0 bridgehead atoms. The molecular formula is C15H18N2O2.